The van der Waals surface area contributed by atoms with E-state index in [1.807, 2.05) is 49.4 Å². The minimum absolute atomic E-state index is 0.0670. The van der Waals surface area contributed by atoms with E-state index < -0.39 is 10.8 Å². The Morgan fingerprint density at radius 2 is 1.81 bits per heavy atom. The van der Waals surface area contributed by atoms with Crippen molar-refractivity contribution in [3.63, 3.8) is 0 Å². The van der Waals surface area contributed by atoms with E-state index in [4.69, 9.17) is 16.6 Å². The molecule has 0 spiro atoms. The summed E-state index contributed by atoms with van der Waals surface area (Å²) in [6, 6.07) is 24.3. The highest BCUT2D eigenvalue weighted by atomic mass is 35.5. The molecule has 0 fully saturated rings. The number of halogens is 1. The molecule has 37 heavy (non-hydrogen) atoms. The number of nitrogens with zero attached hydrogens (tertiary/aromatic N) is 5. The molecule has 182 valence electrons. The Bertz CT molecular complexity index is 1660. The summed E-state index contributed by atoms with van der Waals surface area (Å²) in [6.07, 6.45) is 1.35. The molecule has 0 aliphatic rings. The number of pyridine rings is 1. The van der Waals surface area contributed by atoms with E-state index in [0.717, 1.165) is 11.3 Å². The number of amides is 1. The second-order valence-corrected chi connectivity index (χ2v) is 8.58. The molecule has 10 heteroatoms. The highest BCUT2D eigenvalue weighted by Crippen LogP contribution is 2.29. The number of hydrogen-bond acceptors (Lipinski definition) is 6. The van der Waals surface area contributed by atoms with Gasteiger partial charge >= 0.3 is 0 Å². The lowest BCUT2D eigenvalue weighted by molar-refractivity contribution is -0.384. The Labute approximate surface area is 216 Å². The van der Waals surface area contributed by atoms with Gasteiger partial charge in [-0.25, -0.2) is 15.1 Å². The van der Waals surface area contributed by atoms with Gasteiger partial charge < -0.3 is 0 Å². The number of aromatic nitrogens is 3. The monoisotopic (exact) mass is 510 g/mol. The molecule has 2 heterocycles. The van der Waals surface area contributed by atoms with Gasteiger partial charge in [0.05, 0.1) is 39.2 Å². The van der Waals surface area contributed by atoms with Crippen molar-refractivity contribution in [2.24, 2.45) is 5.10 Å². The van der Waals surface area contributed by atoms with E-state index in [0.29, 0.717) is 38.6 Å². The zero-order chi connectivity index (χ0) is 25.9. The smallest absolute Gasteiger partial charge is 0.267 e. The quantitative estimate of drug-likeness (QED) is 0.178. The molecule has 9 nitrogen and oxygen atoms in total. The van der Waals surface area contributed by atoms with Crippen LogP contribution in [0.25, 0.3) is 28.0 Å². The molecule has 3 aromatic carbocycles. The Morgan fingerprint density at radius 3 is 2.54 bits per heavy atom. The third-order valence-electron chi connectivity index (χ3n) is 5.66. The van der Waals surface area contributed by atoms with Gasteiger partial charge in [-0.05, 0) is 37.3 Å². The average Bonchev–Trinajstić information content (AvgIpc) is 3.25. The van der Waals surface area contributed by atoms with E-state index >= 15 is 0 Å². The predicted molar refractivity (Wildman–Crippen MR) is 142 cm³/mol. The first kappa shape index (κ1) is 23.8. The van der Waals surface area contributed by atoms with E-state index in [2.05, 4.69) is 15.6 Å². The number of rotatable bonds is 6. The topological polar surface area (TPSA) is 115 Å². The van der Waals surface area contributed by atoms with Crippen LogP contribution in [-0.2, 0) is 0 Å². The minimum atomic E-state index is -0.491. The Balaban J connectivity index is 1.58. The highest BCUT2D eigenvalue weighted by molar-refractivity contribution is 6.30. The lowest BCUT2D eigenvalue weighted by atomic mass is 10.1. The molecule has 1 N–H and O–H groups in total. The fraction of sp³-hybridized carbons (Fsp3) is 0.0370. The fourth-order valence-electron chi connectivity index (χ4n) is 3.93. The fourth-order valence-corrected chi connectivity index (χ4v) is 4.06. The van der Waals surface area contributed by atoms with Crippen LogP contribution in [0.5, 0.6) is 0 Å². The number of nitro benzene ring substituents is 1. The molecule has 1 amide bonds. The number of aryl methyl sites for hydroxylation is 1. The molecular weight excluding hydrogens is 492 g/mol. The molecule has 0 aliphatic heterocycles. The van der Waals surface area contributed by atoms with Crippen LogP contribution in [0.15, 0.2) is 90.0 Å². The van der Waals surface area contributed by atoms with Crippen LogP contribution in [0.1, 0.15) is 21.6 Å². The van der Waals surface area contributed by atoms with Crippen LogP contribution in [0, 0.1) is 17.0 Å². The zero-order valence-electron chi connectivity index (χ0n) is 19.5. The van der Waals surface area contributed by atoms with Crippen LogP contribution in [0.2, 0.25) is 5.02 Å². The van der Waals surface area contributed by atoms with Crippen molar-refractivity contribution in [3.05, 3.63) is 117 Å². The van der Waals surface area contributed by atoms with Crippen molar-refractivity contribution < 1.29 is 9.72 Å². The maximum Gasteiger partial charge on any atom is 0.272 e. The van der Waals surface area contributed by atoms with Gasteiger partial charge in [0.25, 0.3) is 11.6 Å². The second kappa shape index (κ2) is 10.00. The minimum Gasteiger partial charge on any atom is -0.267 e. The lowest BCUT2D eigenvalue weighted by Gasteiger charge is -2.09. The molecule has 0 unspecified atom stereocenters. The first-order valence-electron chi connectivity index (χ1n) is 11.2. The molecule has 5 aromatic rings. The Morgan fingerprint density at radius 1 is 1.05 bits per heavy atom. The maximum absolute atomic E-state index is 13.3. The Kier molecular flexibility index (Phi) is 6.44. The number of nitro groups is 1. The number of carbonyl (C=O) groups excluding carboxylic acids is 1. The largest absolute Gasteiger partial charge is 0.272 e. The summed E-state index contributed by atoms with van der Waals surface area (Å²) in [4.78, 5) is 28.7. The molecule has 0 radical (unpaired) electrons. The summed E-state index contributed by atoms with van der Waals surface area (Å²) in [5.41, 5.74) is 6.56. The maximum atomic E-state index is 13.3. The van der Waals surface area contributed by atoms with Crippen molar-refractivity contribution >= 4 is 40.4 Å². The van der Waals surface area contributed by atoms with Crippen LogP contribution >= 0.6 is 11.6 Å². The number of fused-ring (bicyclic) bond motifs is 1. The van der Waals surface area contributed by atoms with Crippen LogP contribution < -0.4 is 5.43 Å². The summed E-state index contributed by atoms with van der Waals surface area (Å²) in [7, 11) is 0. The predicted octanol–water partition coefficient (Wildman–Crippen LogP) is 5.72. The van der Waals surface area contributed by atoms with Crippen LogP contribution in [-0.4, -0.2) is 31.8 Å². The van der Waals surface area contributed by atoms with Crippen LogP contribution in [0.4, 0.5) is 5.69 Å². The van der Waals surface area contributed by atoms with Gasteiger partial charge in [0.15, 0.2) is 5.65 Å². The van der Waals surface area contributed by atoms with Crippen molar-refractivity contribution in [1.29, 1.82) is 0 Å². The van der Waals surface area contributed by atoms with Gasteiger partial charge in [0.2, 0.25) is 0 Å². The first-order valence-corrected chi connectivity index (χ1v) is 11.6. The highest BCUT2D eigenvalue weighted by Gasteiger charge is 2.21. The number of hydrazone groups is 1. The summed E-state index contributed by atoms with van der Waals surface area (Å²) >= 11 is 6.07. The first-order chi connectivity index (χ1) is 17.9. The molecule has 0 atom stereocenters. The third-order valence-corrected chi connectivity index (χ3v) is 5.91. The van der Waals surface area contributed by atoms with Gasteiger partial charge in [-0.15, -0.1) is 0 Å². The van der Waals surface area contributed by atoms with E-state index in [1.54, 1.807) is 35.0 Å². The number of hydrogen-bond donors (Lipinski definition) is 1. The van der Waals surface area contributed by atoms with Crippen molar-refractivity contribution in [3.8, 4) is 16.9 Å². The van der Waals surface area contributed by atoms with Crippen LogP contribution in [0.3, 0.4) is 0 Å². The second-order valence-electron chi connectivity index (χ2n) is 8.14. The molecule has 5 rings (SSSR count). The molecule has 0 saturated heterocycles. The molecule has 0 bridgehead atoms. The van der Waals surface area contributed by atoms with Gasteiger partial charge in [-0.3, -0.25) is 14.9 Å². The number of nitrogens with one attached hydrogen (secondary N) is 1. The SMILES string of the molecule is Cc1nn(-c2ccccc2)c2nc(-c3ccc(Cl)cc3)cc(C(=O)NN=Cc3cccc([N+](=O)[O-])c3)c12. The zero-order valence-corrected chi connectivity index (χ0v) is 20.3. The summed E-state index contributed by atoms with van der Waals surface area (Å²) in [6.45, 7) is 1.81. The number of benzene rings is 3. The van der Waals surface area contributed by atoms with Gasteiger partial charge in [-0.1, -0.05) is 54.1 Å². The molecule has 0 aliphatic carbocycles. The summed E-state index contributed by atoms with van der Waals surface area (Å²) in [5.74, 6) is -0.472. The van der Waals surface area contributed by atoms with Gasteiger partial charge in [-0.2, -0.15) is 10.2 Å². The number of carbonyl (C=O) groups is 1. The normalized spacial score (nSPS) is 11.2. The Hall–Kier alpha value is -4.89. The average molecular weight is 511 g/mol. The molecular formula is C27H19ClN6O3. The molecule has 0 saturated carbocycles. The van der Waals surface area contributed by atoms with Crippen molar-refractivity contribution in [2.45, 2.75) is 6.92 Å². The number of non-ortho nitro benzene ring substituents is 1. The van der Waals surface area contributed by atoms with Crippen molar-refractivity contribution in [2.75, 3.05) is 0 Å². The number of para-hydroxylation sites is 1. The van der Waals surface area contributed by atoms with E-state index in [9.17, 15) is 14.9 Å². The summed E-state index contributed by atoms with van der Waals surface area (Å²) in [5, 5.41) is 20.9. The lowest BCUT2D eigenvalue weighted by Crippen LogP contribution is -2.18. The van der Waals surface area contributed by atoms with Crippen molar-refractivity contribution in [1.82, 2.24) is 20.2 Å². The van der Waals surface area contributed by atoms with Gasteiger partial charge in [0, 0.05) is 28.3 Å². The molecule has 2 aromatic heterocycles. The van der Waals surface area contributed by atoms with Gasteiger partial charge in [0.1, 0.15) is 0 Å². The summed E-state index contributed by atoms with van der Waals surface area (Å²) < 4.78 is 1.70. The third kappa shape index (κ3) is 4.93. The standard InChI is InChI=1S/C27H19ClN6O3/c1-17-25-23(27(35)31-29-16-18-6-5-9-22(14-18)34(36)37)15-24(19-10-12-20(28)13-11-19)30-26(25)33(32-17)21-7-3-2-4-8-21/h2-16H,1H3,(H,31,35). The van der Waals surface area contributed by atoms with E-state index in [1.165, 1.54) is 18.3 Å². The van der Waals surface area contributed by atoms with E-state index in [-0.39, 0.29) is 5.69 Å².